The van der Waals surface area contributed by atoms with E-state index < -0.39 is 6.17 Å². The van der Waals surface area contributed by atoms with Gasteiger partial charge in [0.25, 0.3) is 6.17 Å². The first-order valence-electron chi connectivity index (χ1n) is 4.21. The summed E-state index contributed by atoms with van der Waals surface area (Å²) in [7, 11) is 0. The first kappa shape index (κ1) is 9.41. The van der Waals surface area contributed by atoms with Crippen LogP contribution in [0.5, 0.6) is 0 Å². The molecule has 0 saturated carbocycles. The molecule has 1 aliphatic rings. The molecule has 1 fully saturated rings. The Morgan fingerprint density at radius 3 is 2.67 bits per heavy atom. The van der Waals surface area contributed by atoms with Crippen molar-refractivity contribution in [2.24, 2.45) is 5.92 Å². The predicted octanol–water partition coefficient (Wildman–Crippen LogP) is -0.193. The molecule has 0 spiro atoms. The van der Waals surface area contributed by atoms with Gasteiger partial charge in [-0.3, -0.25) is 10.1 Å². The predicted molar refractivity (Wildman–Crippen MR) is 45.4 cm³/mol. The van der Waals surface area contributed by atoms with E-state index in [1.165, 1.54) is 0 Å². The smallest absolute Gasteiger partial charge is 0.278 e. The average molecular weight is 173 g/mol. The molecule has 1 rings (SSSR count). The molecule has 0 aromatic carbocycles. The molecule has 0 radical (unpaired) electrons. The van der Waals surface area contributed by atoms with Gasteiger partial charge in [-0.15, -0.1) is 0 Å². The Hall–Kier alpha value is -0.680. The maximum Gasteiger partial charge on any atom is 0.278 e. The Bertz CT molecular complexity index is 172. The van der Waals surface area contributed by atoms with Crippen LogP contribution < -0.4 is 10.6 Å². The highest BCUT2D eigenvalue weighted by atomic mass is 16.6. The van der Waals surface area contributed by atoms with Crippen LogP contribution in [0, 0.1) is 16.0 Å². The molecule has 1 heterocycles. The molecule has 2 N–H and O–H groups in total. The van der Waals surface area contributed by atoms with Gasteiger partial charge in [-0.1, -0.05) is 13.8 Å². The van der Waals surface area contributed by atoms with Gasteiger partial charge in [-0.2, -0.15) is 0 Å². The van der Waals surface area contributed by atoms with Crippen molar-refractivity contribution in [3.63, 3.8) is 0 Å². The summed E-state index contributed by atoms with van der Waals surface area (Å²) < 4.78 is 0. The Balaban J connectivity index is 2.46. The van der Waals surface area contributed by atoms with Gasteiger partial charge in [-0.25, -0.2) is 5.32 Å². The molecule has 0 amide bonds. The van der Waals surface area contributed by atoms with E-state index in [4.69, 9.17) is 0 Å². The third-order valence-corrected chi connectivity index (χ3v) is 2.17. The van der Waals surface area contributed by atoms with Crippen molar-refractivity contribution >= 4 is 0 Å². The first-order valence-corrected chi connectivity index (χ1v) is 4.21. The minimum atomic E-state index is -0.619. The van der Waals surface area contributed by atoms with Crippen molar-refractivity contribution < 1.29 is 4.92 Å². The lowest BCUT2D eigenvalue weighted by Gasteiger charge is -2.29. The van der Waals surface area contributed by atoms with Gasteiger partial charge in [0.15, 0.2) is 0 Å². The summed E-state index contributed by atoms with van der Waals surface area (Å²) in [5, 5.41) is 16.5. The van der Waals surface area contributed by atoms with Crippen molar-refractivity contribution in [1.82, 2.24) is 10.6 Å². The van der Waals surface area contributed by atoms with E-state index in [9.17, 15) is 10.1 Å². The second-order valence-electron chi connectivity index (χ2n) is 3.48. The Morgan fingerprint density at radius 2 is 2.17 bits per heavy atom. The van der Waals surface area contributed by atoms with Crippen LogP contribution in [0.2, 0.25) is 0 Å². The zero-order valence-electron chi connectivity index (χ0n) is 7.41. The summed E-state index contributed by atoms with van der Waals surface area (Å²) in [5.74, 6) is 0.431. The van der Waals surface area contributed by atoms with Crippen LogP contribution in [0.1, 0.15) is 13.8 Å². The molecule has 70 valence electrons. The molecule has 1 saturated heterocycles. The van der Waals surface area contributed by atoms with Gasteiger partial charge in [0, 0.05) is 17.5 Å². The Morgan fingerprint density at radius 1 is 1.50 bits per heavy atom. The molecule has 0 aromatic rings. The summed E-state index contributed by atoms with van der Waals surface area (Å²) in [4.78, 5) is 10.1. The minimum absolute atomic E-state index is 0.217. The number of hydrogen-bond acceptors (Lipinski definition) is 4. The van der Waals surface area contributed by atoms with Crippen LogP contribution in [0.15, 0.2) is 0 Å². The quantitative estimate of drug-likeness (QED) is 0.448. The zero-order chi connectivity index (χ0) is 9.14. The fourth-order valence-corrected chi connectivity index (χ4v) is 1.30. The Kier molecular flexibility index (Phi) is 2.99. The molecule has 12 heavy (non-hydrogen) atoms. The van der Waals surface area contributed by atoms with E-state index in [0.717, 1.165) is 6.54 Å². The lowest BCUT2D eigenvalue weighted by Crippen LogP contribution is -2.59. The summed E-state index contributed by atoms with van der Waals surface area (Å²) >= 11 is 0. The molecule has 5 heteroatoms. The third-order valence-electron chi connectivity index (χ3n) is 2.17. The normalized spacial score (nSPS) is 30.6. The van der Waals surface area contributed by atoms with Crippen LogP contribution in [-0.4, -0.2) is 30.2 Å². The summed E-state index contributed by atoms with van der Waals surface area (Å²) in [6.45, 7) is 5.36. The van der Waals surface area contributed by atoms with Crippen molar-refractivity contribution in [2.45, 2.75) is 26.1 Å². The van der Waals surface area contributed by atoms with E-state index in [2.05, 4.69) is 24.5 Å². The van der Waals surface area contributed by atoms with Crippen LogP contribution in [0.25, 0.3) is 0 Å². The largest absolute Gasteiger partial charge is 0.308 e. The second-order valence-corrected chi connectivity index (χ2v) is 3.48. The number of hydrogen-bond donors (Lipinski definition) is 2. The number of rotatable bonds is 2. The summed E-state index contributed by atoms with van der Waals surface area (Å²) in [6.07, 6.45) is -0.619. The van der Waals surface area contributed by atoms with E-state index in [-0.39, 0.29) is 11.0 Å². The standard InChI is InChI=1S/C7H15N3O2/c1-5(2)6-3-8-4-7(9-6)10(11)12/h5-9H,3-4H2,1-2H3. The fraction of sp³-hybridized carbons (Fsp3) is 1.00. The monoisotopic (exact) mass is 173 g/mol. The van der Waals surface area contributed by atoms with Gasteiger partial charge in [-0.05, 0) is 5.92 Å². The van der Waals surface area contributed by atoms with Gasteiger partial charge in [0.1, 0.15) is 0 Å². The molecule has 0 aromatic heterocycles. The molecular formula is C7H15N3O2. The highest BCUT2D eigenvalue weighted by molar-refractivity contribution is 4.80. The van der Waals surface area contributed by atoms with Crippen molar-refractivity contribution in [3.8, 4) is 0 Å². The molecular weight excluding hydrogens is 158 g/mol. The first-order chi connectivity index (χ1) is 5.61. The molecule has 1 aliphatic heterocycles. The van der Waals surface area contributed by atoms with Gasteiger partial charge >= 0.3 is 0 Å². The van der Waals surface area contributed by atoms with Gasteiger partial charge < -0.3 is 5.32 Å². The average Bonchev–Trinajstić information content (AvgIpc) is 2.04. The molecule has 5 nitrogen and oxygen atoms in total. The minimum Gasteiger partial charge on any atom is -0.308 e. The van der Waals surface area contributed by atoms with E-state index in [0.29, 0.717) is 12.5 Å². The fourth-order valence-electron chi connectivity index (χ4n) is 1.30. The molecule has 0 bridgehead atoms. The summed E-state index contributed by atoms with van der Waals surface area (Å²) in [5.41, 5.74) is 0. The van der Waals surface area contributed by atoms with E-state index >= 15 is 0 Å². The van der Waals surface area contributed by atoms with E-state index in [1.807, 2.05) is 0 Å². The molecule has 0 aliphatic carbocycles. The lowest BCUT2D eigenvalue weighted by molar-refractivity contribution is -0.530. The number of nitrogens with zero attached hydrogens (tertiary/aromatic N) is 1. The second kappa shape index (κ2) is 3.82. The van der Waals surface area contributed by atoms with Crippen molar-refractivity contribution in [2.75, 3.05) is 13.1 Å². The van der Waals surface area contributed by atoms with Crippen LogP contribution in [0.3, 0.4) is 0 Å². The van der Waals surface area contributed by atoms with Gasteiger partial charge in [0.2, 0.25) is 0 Å². The third kappa shape index (κ3) is 2.15. The summed E-state index contributed by atoms with van der Waals surface area (Å²) in [6, 6.07) is 0.217. The van der Waals surface area contributed by atoms with Crippen molar-refractivity contribution in [3.05, 3.63) is 10.1 Å². The maximum atomic E-state index is 10.4. The zero-order valence-corrected chi connectivity index (χ0v) is 7.41. The van der Waals surface area contributed by atoms with Gasteiger partial charge in [0.05, 0.1) is 6.54 Å². The number of piperazine rings is 1. The van der Waals surface area contributed by atoms with Crippen LogP contribution in [-0.2, 0) is 0 Å². The lowest BCUT2D eigenvalue weighted by atomic mass is 10.0. The molecule has 2 unspecified atom stereocenters. The van der Waals surface area contributed by atoms with E-state index in [1.54, 1.807) is 0 Å². The van der Waals surface area contributed by atoms with Crippen LogP contribution in [0.4, 0.5) is 0 Å². The topological polar surface area (TPSA) is 67.2 Å². The highest BCUT2D eigenvalue weighted by Gasteiger charge is 2.29. The molecule has 2 atom stereocenters. The van der Waals surface area contributed by atoms with Crippen LogP contribution >= 0.6 is 0 Å². The highest BCUT2D eigenvalue weighted by Crippen LogP contribution is 2.05. The number of nitrogens with one attached hydrogen (secondary N) is 2. The van der Waals surface area contributed by atoms with Crippen molar-refractivity contribution in [1.29, 1.82) is 0 Å². The number of nitro groups is 1. The Labute approximate surface area is 71.7 Å². The maximum absolute atomic E-state index is 10.4. The SMILES string of the molecule is CC(C)C1CNCC([N+](=O)[O-])N1.